The number of allylic oxidation sites excluding steroid dienone is 2. The first kappa shape index (κ1) is 7.61. The van der Waals surface area contributed by atoms with E-state index in [0.717, 1.165) is 19.3 Å². The molecule has 3 heteroatoms. The van der Waals surface area contributed by atoms with Crippen LogP contribution in [-0.4, -0.2) is 12.9 Å². The summed E-state index contributed by atoms with van der Waals surface area (Å²) in [6.07, 6.45) is 3.44. The van der Waals surface area contributed by atoms with Gasteiger partial charge in [0.15, 0.2) is 12.0 Å². The van der Waals surface area contributed by atoms with Gasteiger partial charge in [0.25, 0.3) is 0 Å². The number of halogens is 1. The summed E-state index contributed by atoms with van der Waals surface area (Å²) < 4.78 is 5.04. The molecule has 0 atom stereocenters. The van der Waals surface area contributed by atoms with Crippen LogP contribution < -0.4 is 0 Å². The van der Waals surface area contributed by atoms with Crippen molar-refractivity contribution in [2.75, 3.05) is 6.61 Å². The van der Waals surface area contributed by atoms with E-state index in [4.69, 9.17) is 16.3 Å². The highest BCUT2D eigenvalue weighted by molar-refractivity contribution is 6.30. The van der Waals surface area contributed by atoms with Gasteiger partial charge < -0.3 is 4.74 Å². The van der Waals surface area contributed by atoms with Crippen molar-refractivity contribution in [2.24, 2.45) is 0 Å². The first-order chi connectivity index (χ1) is 4.84. The second-order valence-electron chi connectivity index (χ2n) is 2.19. The molecule has 1 heterocycles. The van der Waals surface area contributed by atoms with E-state index in [2.05, 4.69) is 0 Å². The lowest BCUT2D eigenvalue weighted by molar-refractivity contribution is -0.107. The topological polar surface area (TPSA) is 26.3 Å². The predicted molar refractivity (Wildman–Crippen MR) is 38.7 cm³/mol. The molecule has 1 aliphatic rings. The second kappa shape index (κ2) is 3.62. The summed E-state index contributed by atoms with van der Waals surface area (Å²) >= 11 is 5.71. The van der Waals surface area contributed by atoms with Crippen LogP contribution in [0.25, 0.3) is 0 Å². The van der Waals surface area contributed by atoms with Crippen molar-refractivity contribution in [3.63, 3.8) is 0 Å². The SMILES string of the molecule is O=CC1=C(Cl)CCCCO1. The summed E-state index contributed by atoms with van der Waals surface area (Å²) in [5, 5.41) is 0.563. The average Bonchev–Trinajstić information content (AvgIpc) is 2.13. The van der Waals surface area contributed by atoms with Gasteiger partial charge in [-0.1, -0.05) is 11.6 Å². The van der Waals surface area contributed by atoms with E-state index in [-0.39, 0.29) is 0 Å². The van der Waals surface area contributed by atoms with Gasteiger partial charge in [0.2, 0.25) is 0 Å². The molecule has 0 amide bonds. The van der Waals surface area contributed by atoms with Gasteiger partial charge in [0, 0.05) is 0 Å². The standard InChI is InChI=1S/C7H9ClO2/c8-6-3-1-2-4-10-7(6)5-9/h5H,1-4H2. The summed E-state index contributed by atoms with van der Waals surface area (Å²) in [6, 6.07) is 0. The zero-order chi connectivity index (χ0) is 7.40. The molecule has 2 nitrogen and oxygen atoms in total. The Morgan fingerprint density at radius 2 is 2.30 bits per heavy atom. The number of rotatable bonds is 1. The number of aldehydes is 1. The minimum absolute atomic E-state index is 0.319. The number of ether oxygens (including phenoxy) is 1. The smallest absolute Gasteiger partial charge is 0.185 e. The van der Waals surface area contributed by atoms with Crippen LogP contribution in [0.15, 0.2) is 10.8 Å². The van der Waals surface area contributed by atoms with Crippen LogP contribution in [-0.2, 0) is 9.53 Å². The van der Waals surface area contributed by atoms with Crippen LogP contribution in [0.5, 0.6) is 0 Å². The molecule has 10 heavy (non-hydrogen) atoms. The third-order valence-electron chi connectivity index (χ3n) is 1.42. The van der Waals surface area contributed by atoms with Crippen molar-refractivity contribution >= 4 is 17.9 Å². The lowest BCUT2D eigenvalue weighted by atomic mass is 10.2. The van der Waals surface area contributed by atoms with Crippen molar-refractivity contribution in [3.05, 3.63) is 10.8 Å². The molecule has 0 saturated heterocycles. The summed E-state index contributed by atoms with van der Waals surface area (Å²) in [7, 11) is 0. The zero-order valence-electron chi connectivity index (χ0n) is 5.60. The van der Waals surface area contributed by atoms with Gasteiger partial charge in [-0.05, 0) is 19.3 Å². The Hall–Kier alpha value is -0.500. The fourth-order valence-corrected chi connectivity index (χ4v) is 1.10. The highest BCUT2D eigenvalue weighted by atomic mass is 35.5. The maximum absolute atomic E-state index is 10.3. The maximum atomic E-state index is 10.3. The summed E-state index contributed by atoms with van der Waals surface area (Å²) in [4.78, 5) is 10.3. The third-order valence-corrected chi connectivity index (χ3v) is 1.80. The van der Waals surface area contributed by atoms with Gasteiger partial charge in [0.1, 0.15) is 0 Å². The Bertz CT molecular complexity index is 163. The molecule has 0 N–H and O–H groups in total. The van der Waals surface area contributed by atoms with Gasteiger partial charge in [-0.25, -0.2) is 0 Å². The Labute approximate surface area is 64.8 Å². The summed E-state index contributed by atoms with van der Waals surface area (Å²) in [5.41, 5.74) is 0. The number of carbonyl (C=O) groups is 1. The summed E-state index contributed by atoms with van der Waals surface area (Å²) in [5.74, 6) is 0.319. The Kier molecular flexibility index (Phi) is 2.75. The predicted octanol–water partition coefficient (Wildman–Crippen LogP) is 1.84. The second-order valence-corrected chi connectivity index (χ2v) is 2.65. The molecule has 0 aromatic rings. The number of hydrogen-bond donors (Lipinski definition) is 0. The van der Waals surface area contributed by atoms with Crippen LogP contribution >= 0.6 is 11.6 Å². The lowest BCUT2D eigenvalue weighted by Gasteiger charge is -1.99. The van der Waals surface area contributed by atoms with E-state index in [1.165, 1.54) is 0 Å². The monoisotopic (exact) mass is 160 g/mol. The number of hydrogen-bond acceptors (Lipinski definition) is 2. The molecule has 0 bridgehead atoms. The molecule has 1 aliphatic heterocycles. The molecule has 0 aliphatic carbocycles. The Morgan fingerprint density at radius 3 is 3.00 bits per heavy atom. The fraction of sp³-hybridized carbons (Fsp3) is 0.571. The van der Waals surface area contributed by atoms with E-state index in [9.17, 15) is 4.79 Å². The van der Waals surface area contributed by atoms with E-state index < -0.39 is 0 Å². The summed E-state index contributed by atoms with van der Waals surface area (Å²) in [6.45, 7) is 0.615. The largest absolute Gasteiger partial charge is 0.489 e. The van der Waals surface area contributed by atoms with Gasteiger partial charge in [-0.15, -0.1) is 0 Å². The molecule has 0 radical (unpaired) electrons. The quantitative estimate of drug-likeness (QED) is 0.547. The van der Waals surface area contributed by atoms with Crippen LogP contribution in [0.3, 0.4) is 0 Å². The molecule has 0 fully saturated rings. The van der Waals surface area contributed by atoms with Crippen molar-refractivity contribution in [1.29, 1.82) is 0 Å². The molecular weight excluding hydrogens is 152 g/mol. The first-order valence-electron chi connectivity index (χ1n) is 3.31. The normalized spacial score (nSPS) is 19.7. The maximum Gasteiger partial charge on any atom is 0.185 e. The Morgan fingerprint density at radius 1 is 1.50 bits per heavy atom. The van der Waals surface area contributed by atoms with Crippen LogP contribution in [0.2, 0.25) is 0 Å². The molecule has 0 spiro atoms. The van der Waals surface area contributed by atoms with Crippen molar-refractivity contribution in [2.45, 2.75) is 19.3 Å². The van der Waals surface area contributed by atoms with Crippen LogP contribution in [0.4, 0.5) is 0 Å². The molecule has 0 saturated carbocycles. The minimum atomic E-state index is 0.319. The lowest BCUT2D eigenvalue weighted by Crippen LogP contribution is -1.93. The average molecular weight is 161 g/mol. The highest BCUT2D eigenvalue weighted by Crippen LogP contribution is 2.20. The van der Waals surface area contributed by atoms with Crippen molar-refractivity contribution < 1.29 is 9.53 Å². The number of carbonyl (C=O) groups excluding carboxylic acids is 1. The molecule has 56 valence electrons. The van der Waals surface area contributed by atoms with Crippen LogP contribution in [0.1, 0.15) is 19.3 Å². The zero-order valence-corrected chi connectivity index (χ0v) is 6.36. The van der Waals surface area contributed by atoms with E-state index in [0.29, 0.717) is 23.7 Å². The highest BCUT2D eigenvalue weighted by Gasteiger charge is 2.08. The first-order valence-corrected chi connectivity index (χ1v) is 3.69. The van der Waals surface area contributed by atoms with Crippen LogP contribution in [0, 0.1) is 0 Å². The minimum Gasteiger partial charge on any atom is -0.489 e. The van der Waals surface area contributed by atoms with Crippen molar-refractivity contribution in [1.82, 2.24) is 0 Å². The van der Waals surface area contributed by atoms with Gasteiger partial charge in [-0.2, -0.15) is 0 Å². The third kappa shape index (κ3) is 1.74. The van der Waals surface area contributed by atoms with E-state index >= 15 is 0 Å². The molecule has 0 aromatic heterocycles. The van der Waals surface area contributed by atoms with Crippen molar-refractivity contribution in [3.8, 4) is 0 Å². The Balaban J connectivity index is 2.67. The molecule has 1 rings (SSSR count). The van der Waals surface area contributed by atoms with Gasteiger partial charge >= 0.3 is 0 Å². The molecular formula is C7H9ClO2. The fourth-order valence-electron chi connectivity index (χ4n) is 0.864. The van der Waals surface area contributed by atoms with Gasteiger partial charge in [-0.3, -0.25) is 4.79 Å². The van der Waals surface area contributed by atoms with E-state index in [1.54, 1.807) is 0 Å². The van der Waals surface area contributed by atoms with Gasteiger partial charge in [0.05, 0.1) is 11.6 Å². The molecule has 0 unspecified atom stereocenters. The van der Waals surface area contributed by atoms with E-state index in [1.807, 2.05) is 0 Å². The molecule has 0 aromatic carbocycles.